The summed E-state index contributed by atoms with van der Waals surface area (Å²) in [7, 11) is -2.75. The number of ether oxygens (including phenoxy) is 1. The molecule has 0 unspecified atom stereocenters. The summed E-state index contributed by atoms with van der Waals surface area (Å²) >= 11 is 0. The standard InChI is InChI=1S/C11H14N2O6S/c1-19-8-2-3-10(9(6-8)13(15)16)20(17,18)12-11(7-14)4-5-11/h2-3,6,12,14H,4-5,7H2,1H3. The molecule has 0 aromatic heterocycles. The van der Waals surface area contributed by atoms with Gasteiger partial charge in [0.1, 0.15) is 5.75 Å². The van der Waals surface area contributed by atoms with Crippen molar-refractivity contribution in [3.05, 3.63) is 28.3 Å². The molecule has 0 saturated heterocycles. The Bertz CT molecular complexity index is 638. The van der Waals surface area contributed by atoms with Gasteiger partial charge in [0.15, 0.2) is 4.90 Å². The van der Waals surface area contributed by atoms with Crippen LogP contribution in [-0.2, 0) is 10.0 Å². The molecular formula is C11H14N2O6S. The molecule has 0 bridgehead atoms. The van der Waals surface area contributed by atoms with E-state index in [0.29, 0.717) is 12.8 Å². The lowest BCUT2D eigenvalue weighted by molar-refractivity contribution is -0.387. The van der Waals surface area contributed by atoms with Crippen molar-refractivity contribution in [3.8, 4) is 5.75 Å². The monoisotopic (exact) mass is 302 g/mol. The van der Waals surface area contributed by atoms with E-state index in [-0.39, 0.29) is 12.4 Å². The molecule has 1 aliphatic carbocycles. The van der Waals surface area contributed by atoms with Gasteiger partial charge in [-0.3, -0.25) is 10.1 Å². The highest BCUT2D eigenvalue weighted by Crippen LogP contribution is 2.37. The van der Waals surface area contributed by atoms with Crippen LogP contribution in [-0.4, -0.2) is 37.7 Å². The summed E-state index contributed by atoms with van der Waals surface area (Å²) in [5, 5.41) is 20.1. The number of hydrogen-bond donors (Lipinski definition) is 2. The smallest absolute Gasteiger partial charge is 0.293 e. The Hall–Kier alpha value is -1.71. The highest BCUT2D eigenvalue weighted by molar-refractivity contribution is 7.89. The van der Waals surface area contributed by atoms with E-state index in [0.717, 1.165) is 12.1 Å². The van der Waals surface area contributed by atoms with Crippen LogP contribution in [0.2, 0.25) is 0 Å². The molecule has 1 aromatic carbocycles. The number of aliphatic hydroxyl groups is 1. The predicted octanol–water partition coefficient (Wildman–Crippen LogP) is 0.407. The van der Waals surface area contributed by atoms with Crippen molar-refractivity contribution in [2.75, 3.05) is 13.7 Å². The minimum atomic E-state index is -4.08. The molecule has 0 spiro atoms. The van der Waals surface area contributed by atoms with Gasteiger partial charge in [-0.15, -0.1) is 0 Å². The number of methoxy groups -OCH3 is 1. The van der Waals surface area contributed by atoms with E-state index in [1.807, 2.05) is 0 Å². The van der Waals surface area contributed by atoms with Crippen LogP contribution in [0.15, 0.2) is 23.1 Å². The molecule has 0 aliphatic heterocycles. The van der Waals surface area contributed by atoms with Crippen molar-refractivity contribution >= 4 is 15.7 Å². The molecule has 1 fully saturated rings. The van der Waals surface area contributed by atoms with Crippen molar-refractivity contribution in [2.24, 2.45) is 0 Å². The quantitative estimate of drug-likeness (QED) is 0.580. The average molecular weight is 302 g/mol. The lowest BCUT2D eigenvalue weighted by Crippen LogP contribution is -2.39. The molecule has 0 amide bonds. The number of nitrogens with zero attached hydrogens (tertiary/aromatic N) is 1. The maximum atomic E-state index is 12.2. The minimum absolute atomic E-state index is 0.193. The number of sulfonamides is 1. The van der Waals surface area contributed by atoms with Crippen LogP contribution in [0.4, 0.5) is 5.69 Å². The van der Waals surface area contributed by atoms with Crippen LogP contribution in [0.5, 0.6) is 5.75 Å². The molecule has 0 atom stereocenters. The molecule has 0 radical (unpaired) electrons. The number of nitro groups is 1. The third-order valence-electron chi connectivity index (χ3n) is 3.16. The zero-order chi connectivity index (χ0) is 15.0. The lowest BCUT2D eigenvalue weighted by atomic mass is 10.3. The van der Waals surface area contributed by atoms with Gasteiger partial charge in [0.2, 0.25) is 10.0 Å². The van der Waals surface area contributed by atoms with E-state index in [1.54, 1.807) is 0 Å². The van der Waals surface area contributed by atoms with Crippen molar-refractivity contribution < 1.29 is 23.2 Å². The summed E-state index contributed by atoms with van der Waals surface area (Å²) in [6.45, 7) is -0.337. The Morgan fingerprint density at radius 3 is 2.60 bits per heavy atom. The van der Waals surface area contributed by atoms with Gasteiger partial charge < -0.3 is 9.84 Å². The second-order valence-corrected chi connectivity index (χ2v) is 6.29. The van der Waals surface area contributed by atoms with Crippen LogP contribution in [0, 0.1) is 10.1 Å². The van der Waals surface area contributed by atoms with Gasteiger partial charge >= 0.3 is 0 Å². The topological polar surface area (TPSA) is 119 Å². The first-order valence-electron chi connectivity index (χ1n) is 5.81. The van der Waals surface area contributed by atoms with Gasteiger partial charge in [0, 0.05) is 0 Å². The number of aliphatic hydroxyl groups excluding tert-OH is 1. The van der Waals surface area contributed by atoms with E-state index in [9.17, 15) is 18.5 Å². The fourth-order valence-corrected chi connectivity index (χ4v) is 3.38. The molecular weight excluding hydrogens is 288 g/mol. The number of nitrogens with one attached hydrogen (secondary N) is 1. The Labute approximate surface area is 115 Å². The summed E-state index contributed by atoms with van der Waals surface area (Å²) in [6, 6.07) is 3.50. The first kappa shape index (κ1) is 14.7. The normalized spacial score (nSPS) is 16.7. The van der Waals surface area contributed by atoms with E-state index >= 15 is 0 Å². The minimum Gasteiger partial charge on any atom is -0.497 e. The zero-order valence-corrected chi connectivity index (χ0v) is 11.5. The number of hydrogen-bond acceptors (Lipinski definition) is 6. The van der Waals surface area contributed by atoms with Gasteiger partial charge in [-0.25, -0.2) is 13.1 Å². The predicted molar refractivity (Wildman–Crippen MR) is 69.0 cm³/mol. The Balaban J connectivity index is 2.43. The summed E-state index contributed by atoms with van der Waals surface area (Å²) < 4.78 is 31.6. The second kappa shape index (κ2) is 5.00. The van der Waals surface area contributed by atoms with E-state index in [4.69, 9.17) is 9.84 Å². The summed E-state index contributed by atoms with van der Waals surface area (Å²) in [5.74, 6) is 0.193. The van der Waals surface area contributed by atoms with Crippen LogP contribution < -0.4 is 9.46 Å². The van der Waals surface area contributed by atoms with Gasteiger partial charge in [-0.1, -0.05) is 0 Å². The van der Waals surface area contributed by atoms with E-state index in [1.165, 1.54) is 13.2 Å². The van der Waals surface area contributed by atoms with E-state index in [2.05, 4.69) is 4.72 Å². The van der Waals surface area contributed by atoms with Gasteiger partial charge in [-0.2, -0.15) is 0 Å². The Morgan fingerprint density at radius 1 is 1.50 bits per heavy atom. The van der Waals surface area contributed by atoms with Crippen LogP contribution in [0.25, 0.3) is 0 Å². The highest BCUT2D eigenvalue weighted by atomic mass is 32.2. The Kier molecular flexibility index (Phi) is 3.67. The van der Waals surface area contributed by atoms with Crippen molar-refractivity contribution in [3.63, 3.8) is 0 Å². The molecule has 2 N–H and O–H groups in total. The number of benzene rings is 1. The van der Waals surface area contributed by atoms with Gasteiger partial charge in [0.05, 0.1) is 30.2 Å². The van der Waals surface area contributed by atoms with Crippen molar-refractivity contribution in [1.82, 2.24) is 4.72 Å². The first-order valence-corrected chi connectivity index (χ1v) is 7.29. The third kappa shape index (κ3) is 2.74. The molecule has 2 rings (SSSR count). The Morgan fingerprint density at radius 2 is 2.15 bits per heavy atom. The lowest BCUT2D eigenvalue weighted by Gasteiger charge is -2.14. The molecule has 8 nitrogen and oxygen atoms in total. The number of rotatable bonds is 6. The maximum Gasteiger partial charge on any atom is 0.293 e. The number of nitro benzene ring substituents is 1. The highest BCUT2D eigenvalue weighted by Gasteiger charge is 2.46. The average Bonchev–Trinajstić information content (AvgIpc) is 3.17. The molecule has 1 aliphatic rings. The first-order chi connectivity index (χ1) is 9.33. The SMILES string of the molecule is COc1ccc(S(=O)(=O)NC2(CO)CC2)c([N+](=O)[O-])c1. The maximum absolute atomic E-state index is 12.2. The summed E-state index contributed by atoms with van der Waals surface area (Å²) in [6.07, 6.45) is 1.01. The van der Waals surface area contributed by atoms with Crippen LogP contribution in [0.3, 0.4) is 0 Å². The van der Waals surface area contributed by atoms with Crippen molar-refractivity contribution in [2.45, 2.75) is 23.3 Å². The van der Waals surface area contributed by atoms with Crippen LogP contribution >= 0.6 is 0 Å². The molecule has 9 heteroatoms. The largest absolute Gasteiger partial charge is 0.497 e. The van der Waals surface area contributed by atoms with Crippen LogP contribution in [0.1, 0.15) is 12.8 Å². The molecule has 110 valence electrons. The summed E-state index contributed by atoms with van der Waals surface area (Å²) in [4.78, 5) is 9.77. The molecule has 0 heterocycles. The molecule has 1 aromatic rings. The van der Waals surface area contributed by atoms with E-state index < -0.39 is 31.1 Å². The fourth-order valence-electron chi connectivity index (χ4n) is 1.78. The zero-order valence-electron chi connectivity index (χ0n) is 10.7. The van der Waals surface area contributed by atoms with Crippen molar-refractivity contribution in [1.29, 1.82) is 0 Å². The third-order valence-corrected chi connectivity index (χ3v) is 4.79. The summed E-state index contributed by atoms with van der Waals surface area (Å²) in [5.41, 5.74) is -1.45. The van der Waals surface area contributed by atoms with Gasteiger partial charge in [0.25, 0.3) is 5.69 Å². The molecule has 20 heavy (non-hydrogen) atoms. The van der Waals surface area contributed by atoms with Gasteiger partial charge in [-0.05, 0) is 25.0 Å². The fraction of sp³-hybridized carbons (Fsp3) is 0.455. The molecule has 1 saturated carbocycles. The second-order valence-electron chi connectivity index (χ2n) is 4.63.